The van der Waals surface area contributed by atoms with Crippen molar-refractivity contribution < 1.29 is 13.2 Å². The van der Waals surface area contributed by atoms with Crippen molar-refractivity contribution in [3.8, 4) is 12.1 Å². The van der Waals surface area contributed by atoms with Gasteiger partial charge in [0.2, 0.25) is 0 Å². The van der Waals surface area contributed by atoms with E-state index >= 15 is 0 Å². The Morgan fingerprint density at radius 3 is 1.90 bits per heavy atom. The molecule has 20 heavy (non-hydrogen) atoms. The summed E-state index contributed by atoms with van der Waals surface area (Å²) in [5, 5.41) is 19.8. The maximum Gasteiger partial charge on any atom is 0.186 e. The molecule has 0 aliphatic rings. The maximum absolute atomic E-state index is 14.0. The third kappa shape index (κ3) is 2.15. The molecule has 3 nitrogen and oxygen atoms in total. The minimum Gasteiger partial charge on any atom is -0.351 e. The predicted molar refractivity (Wildman–Crippen MR) is 65.5 cm³/mol. The van der Waals surface area contributed by atoms with Crippen LogP contribution in [0.4, 0.5) is 24.5 Å². The van der Waals surface area contributed by atoms with Crippen LogP contribution in [-0.2, 0) is 0 Å². The van der Waals surface area contributed by atoms with Crippen LogP contribution in [0.5, 0.6) is 0 Å². The summed E-state index contributed by atoms with van der Waals surface area (Å²) in [7, 11) is 0. The van der Waals surface area contributed by atoms with Gasteiger partial charge in [0.15, 0.2) is 17.5 Å². The second-order valence-corrected chi connectivity index (χ2v) is 3.78. The molecule has 2 rings (SSSR count). The molecule has 6 heteroatoms. The molecule has 0 aliphatic carbocycles. The van der Waals surface area contributed by atoms with E-state index in [1.165, 1.54) is 24.3 Å². The fourth-order valence-electron chi connectivity index (χ4n) is 1.65. The van der Waals surface area contributed by atoms with Crippen LogP contribution < -0.4 is 5.32 Å². The summed E-state index contributed by atoms with van der Waals surface area (Å²) in [5.41, 5.74) is -2.26. The number of benzene rings is 2. The highest BCUT2D eigenvalue weighted by Crippen LogP contribution is 2.30. The van der Waals surface area contributed by atoms with Crippen LogP contribution in [0.25, 0.3) is 0 Å². The Hall–Kier alpha value is -2.99. The summed E-state index contributed by atoms with van der Waals surface area (Å²) in [6, 6.07) is 10.6. The van der Waals surface area contributed by atoms with Gasteiger partial charge in [-0.25, -0.2) is 13.2 Å². The molecule has 0 saturated carbocycles. The Bertz CT molecular complexity index is 743. The number of nitrogens with one attached hydrogen (secondary N) is 1. The van der Waals surface area contributed by atoms with Gasteiger partial charge in [0.25, 0.3) is 0 Å². The van der Waals surface area contributed by atoms with Crippen molar-refractivity contribution >= 4 is 11.4 Å². The zero-order valence-electron chi connectivity index (χ0n) is 9.92. The number of anilines is 2. The van der Waals surface area contributed by atoms with Crippen molar-refractivity contribution in [2.24, 2.45) is 0 Å². The number of halogens is 3. The lowest BCUT2D eigenvalue weighted by Crippen LogP contribution is -2.06. The van der Waals surface area contributed by atoms with E-state index < -0.39 is 34.3 Å². The largest absolute Gasteiger partial charge is 0.351 e. The Morgan fingerprint density at radius 1 is 0.800 bits per heavy atom. The first-order valence-corrected chi connectivity index (χ1v) is 5.42. The minimum absolute atomic E-state index is 0.318. The Kier molecular flexibility index (Phi) is 3.58. The molecule has 0 aromatic heterocycles. The summed E-state index contributed by atoms with van der Waals surface area (Å²) in [6.45, 7) is 0. The zero-order valence-corrected chi connectivity index (χ0v) is 9.92. The van der Waals surface area contributed by atoms with E-state index in [1.54, 1.807) is 18.2 Å². The van der Waals surface area contributed by atoms with E-state index in [1.807, 2.05) is 0 Å². The molecule has 98 valence electrons. The van der Waals surface area contributed by atoms with E-state index in [-0.39, 0.29) is 0 Å². The van der Waals surface area contributed by atoms with Gasteiger partial charge in [0.05, 0.1) is 0 Å². The maximum atomic E-state index is 14.0. The van der Waals surface area contributed by atoms with Gasteiger partial charge in [-0.1, -0.05) is 18.2 Å². The molecule has 0 amide bonds. The van der Waals surface area contributed by atoms with Gasteiger partial charge in [0, 0.05) is 5.69 Å². The summed E-state index contributed by atoms with van der Waals surface area (Å²) in [4.78, 5) is 0. The topological polar surface area (TPSA) is 59.6 Å². The lowest BCUT2D eigenvalue weighted by Gasteiger charge is -2.11. The summed E-state index contributed by atoms with van der Waals surface area (Å²) in [5.74, 6) is -4.39. The first kappa shape index (κ1) is 13.4. The lowest BCUT2D eigenvalue weighted by molar-refractivity contribution is 0.496. The first-order chi connectivity index (χ1) is 9.60. The summed E-state index contributed by atoms with van der Waals surface area (Å²) < 4.78 is 41.4. The average molecular weight is 273 g/mol. The molecule has 1 N–H and O–H groups in total. The monoisotopic (exact) mass is 273 g/mol. The van der Waals surface area contributed by atoms with E-state index in [0.717, 1.165) is 0 Å². The van der Waals surface area contributed by atoms with Crippen molar-refractivity contribution in [2.45, 2.75) is 0 Å². The van der Waals surface area contributed by atoms with Crippen molar-refractivity contribution in [3.05, 3.63) is 58.9 Å². The second-order valence-electron chi connectivity index (χ2n) is 3.78. The molecule has 0 saturated heterocycles. The number of nitriles is 2. The highest BCUT2D eigenvalue weighted by molar-refractivity contribution is 5.66. The highest BCUT2D eigenvalue weighted by Gasteiger charge is 2.25. The van der Waals surface area contributed by atoms with Crippen LogP contribution in [-0.4, -0.2) is 0 Å². The number of rotatable bonds is 2. The molecular weight excluding hydrogens is 267 g/mol. The molecular formula is C14H6F3N3. The normalized spacial score (nSPS) is 9.65. The Balaban J connectivity index is 2.64. The standard InChI is InChI=1S/C14H6F3N3/c15-11-9(6-18)10(7-19)12(16)14(13(11)17)20-8-4-2-1-3-5-8/h1-5,20H. The molecule has 2 aromatic rings. The van der Waals surface area contributed by atoms with E-state index in [2.05, 4.69) is 5.32 Å². The number of para-hydroxylation sites is 1. The van der Waals surface area contributed by atoms with Crippen molar-refractivity contribution in [1.29, 1.82) is 10.5 Å². The zero-order chi connectivity index (χ0) is 14.7. The SMILES string of the molecule is N#Cc1c(F)c(F)c(Nc2ccccc2)c(F)c1C#N. The third-order valence-electron chi connectivity index (χ3n) is 2.59. The fourth-order valence-corrected chi connectivity index (χ4v) is 1.65. The van der Waals surface area contributed by atoms with Crippen LogP contribution in [0, 0.1) is 40.1 Å². The molecule has 0 fully saturated rings. The lowest BCUT2D eigenvalue weighted by atomic mass is 10.1. The molecule has 0 aliphatic heterocycles. The van der Waals surface area contributed by atoms with E-state index in [4.69, 9.17) is 10.5 Å². The van der Waals surface area contributed by atoms with Crippen LogP contribution >= 0.6 is 0 Å². The number of nitrogens with zero attached hydrogens (tertiary/aromatic N) is 2. The van der Waals surface area contributed by atoms with Gasteiger partial charge in [-0.2, -0.15) is 10.5 Å². The number of hydrogen-bond acceptors (Lipinski definition) is 3. The average Bonchev–Trinajstić information content (AvgIpc) is 2.48. The fraction of sp³-hybridized carbons (Fsp3) is 0. The van der Waals surface area contributed by atoms with E-state index in [0.29, 0.717) is 5.69 Å². The highest BCUT2D eigenvalue weighted by atomic mass is 19.2. The first-order valence-electron chi connectivity index (χ1n) is 5.42. The molecule has 0 heterocycles. The smallest absolute Gasteiger partial charge is 0.186 e. The molecule has 0 unspecified atom stereocenters. The van der Waals surface area contributed by atoms with Crippen LogP contribution in [0.15, 0.2) is 30.3 Å². The van der Waals surface area contributed by atoms with Gasteiger partial charge in [-0.15, -0.1) is 0 Å². The molecule has 0 spiro atoms. The van der Waals surface area contributed by atoms with E-state index in [9.17, 15) is 13.2 Å². The summed E-state index contributed by atoms with van der Waals surface area (Å²) >= 11 is 0. The predicted octanol–water partition coefficient (Wildman–Crippen LogP) is 3.59. The minimum atomic E-state index is -1.55. The van der Waals surface area contributed by atoms with Gasteiger partial charge < -0.3 is 5.32 Å². The van der Waals surface area contributed by atoms with Gasteiger partial charge in [-0.3, -0.25) is 0 Å². The summed E-state index contributed by atoms with van der Waals surface area (Å²) in [6.07, 6.45) is 0. The Morgan fingerprint density at radius 2 is 1.35 bits per heavy atom. The van der Waals surface area contributed by atoms with Crippen LogP contribution in [0.2, 0.25) is 0 Å². The van der Waals surface area contributed by atoms with Gasteiger partial charge in [-0.05, 0) is 12.1 Å². The molecule has 0 radical (unpaired) electrons. The van der Waals surface area contributed by atoms with Crippen molar-refractivity contribution in [3.63, 3.8) is 0 Å². The molecule has 0 bridgehead atoms. The second kappa shape index (κ2) is 5.33. The molecule has 2 aromatic carbocycles. The van der Waals surface area contributed by atoms with Crippen LogP contribution in [0.3, 0.4) is 0 Å². The van der Waals surface area contributed by atoms with Gasteiger partial charge >= 0.3 is 0 Å². The van der Waals surface area contributed by atoms with Crippen LogP contribution in [0.1, 0.15) is 11.1 Å². The quantitative estimate of drug-likeness (QED) is 0.850. The number of hydrogen-bond donors (Lipinski definition) is 1. The Labute approximate surface area is 112 Å². The van der Waals surface area contributed by atoms with Crippen molar-refractivity contribution in [1.82, 2.24) is 0 Å². The van der Waals surface area contributed by atoms with Crippen molar-refractivity contribution in [2.75, 3.05) is 5.32 Å². The van der Waals surface area contributed by atoms with Gasteiger partial charge in [0.1, 0.15) is 29.0 Å². The third-order valence-corrected chi connectivity index (χ3v) is 2.59. The molecule has 0 atom stereocenters.